The third kappa shape index (κ3) is 1.95. The lowest BCUT2D eigenvalue weighted by atomic mass is 10.3. The van der Waals surface area contributed by atoms with Gasteiger partial charge < -0.3 is 14.9 Å². The van der Waals surface area contributed by atoms with Crippen molar-refractivity contribution in [2.24, 2.45) is 0 Å². The van der Waals surface area contributed by atoms with Crippen molar-refractivity contribution in [2.75, 3.05) is 5.73 Å². The van der Waals surface area contributed by atoms with Crippen LogP contribution in [-0.4, -0.2) is 19.1 Å². The number of imidazole rings is 2. The molecule has 0 amide bonds. The molecule has 0 radical (unpaired) electrons. The molecule has 1 aliphatic rings. The molecule has 1 aliphatic carbocycles. The second kappa shape index (κ2) is 4.57. The van der Waals surface area contributed by atoms with E-state index < -0.39 is 0 Å². The van der Waals surface area contributed by atoms with Crippen LogP contribution in [0, 0.1) is 0 Å². The van der Waals surface area contributed by atoms with E-state index >= 15 is 0 Å². The Hall–Kier alpha value is -2.04. The molecule has 0 spiro atoms. The second-order valence-electron chi connectivity index (χ2n) is 4.94. The van der Waals surface area contributed by atoms with Gasteiger partial charge in [0.15, 0.2) is 0 Å². The number of rotatable bonds is 5. The molecule has 2 aromatic rings. The molecule has 19 heavy (non-hydrogen) atoms. The monoisotopic (exact) mass is 257 g/mol. The Kier molecular flexibility index (Phi) is 2.89. The van der Waals surface area contributed by atoms with Crippen LogP contribution in [0.5, 0.6) is 0 Å². The van der Waals surface area contributed by atoms with E-state index in [1.165, 1.54) is 12.8 Å². The third-order valence-corrected chi connectivity index (χ3v) is 3.59. The third-order valence-electron chi connectivity index (χ3n) is 3.59. The van der Waals surface area contributed by atoms with Crippen molar-refractivity contribution in [1.82, 2.24) is 19.1 Å². The zero-order chi connectivity index (χ0) is 13.4. The van der Waals surface area contributed by atoms with Crippen LogP contribution in [0.15, 0.2) is 25.2 Å². The Bertz CT molecular complexity index is 603. The quantitative estimate of drug-likeness (QED) is 0.837. The smallest absolute Gasteiger partial charge is 0.133 e. The minimum atomic E-state index is 0.564. The molecule has 5 heteroatoms. The van der Waals surface area contributed by atoms with E-state index in [2.05, 4.69) is 27.6 Å². The van der Waals surface area contributed by atoms with Gasteiger partial charge in [0.05, 0.1) is 18.2 Å². The molecule has 0 saturated heterocycles. The predicted molar refractivity (Wildman–Crippen MR) is 75.7 cm³/mol. The summed E-state index contributed by atoms with van der Waals surface area (Å²) in [5, 5.41) is 0. The van der Waals surface area contributed by atoms with Crippen LogP contribution in [0.25, 0.3) is 11.4 Å². The highest BCUT2D eigenvalue weighted by Gasteiger charge is 2.31. The maximum absolute atomic E-state index is 6.28. The first-order valence-corrected chi connectivity index (χ1v) is 6.73. The number of aromatic nitrogens is 4. The number of hydrogen-bond donors (Lipinski definition) is 1. The standard InChI is InChI=1S/C14H19N5/c1-3-7-19-13(15)12(17-14(19)10-5-6-10)11-8-16-9-18(11)4-2/h3,8-10H,1,4-7,15H2,2H3. The van der Waals surface area contributed by atoms with Crippen molar-refractivity contribution in [3.8, 4) is 11.4 Å². The molecular weight excluding hydrogens is 238 g/mol. The molecule has 0 unspecified atom stereocenters. The van der Waals surface area contributed by atoms with Gasteiger partial charge in [-0.25, -0.2) is 9.97 Å². The molecule has 2 aromatic heterocycles. The van der Waals surface area contributed by atoms with Gasteiger partial charge in [0.2, 0.25) is 0 Å². The molecule has 2 N–H and O–H groups in total. The summed E-state index contributed by atoms with van der Waals surface area (Å²) in [6.07, 6.45) is 7.93. The summed E-state index contributed by atoms with van der Waals surface area (Å²) in [6.45, 7) is 7.47. The Morgan fingerprint density at radius 3 is 2.95 bits per heavy atom. The normalized spacial score (nSPS) is 14.8. The second-order valence-corrected chi connectivity index (χ2v) is 4.94. The molecule has 0 atom stereocenters. The van der Waals surface area contributed by atoms with E-state index in [-0.39, 0.29) is 0 Å². The first kappa shape index (κ1) is 12.0. The van der Waals surface area contributed by atoms with Crippen LogP contribution in [0.2, 0.25) is 0 Å². The van der Waals surface area contributed by atoms with Gasteiger partial charge in [-0.1, -0.05) is 6.08 Å². The molecule has 1 fully saturated rings. The van der Waals surface area contributed by atoms with Crippen LogP contribution in [0.1, 0.15) is 31.5 Å². The highest BCUT2D eigenvalue weighted by atomic mass is 15.2. The molecule has 5 nitrogen and oxygen atoms in total. The van der Waals surface area contributed by atoms with Crippen molar-refractivity contribution in [1.29, 1.82) is 0 Å². The van der Waals surface area contributed by atoms with E-state index in [9.17, 15) is 0 Å². The fourth-order valence-corrected chi connectivity index (χ4v) is 2.42. The van der Waals surface area contributed by atoms with Crippen LogP contribution >= 0.6 is 0 Å². The number of nitrogen functional groups attached to an aromatic ring is 1. The molecule has 0 aromatic carbocycles. The lowest BCUT2D eigenvalue weighted by molar-refractivity contribution is 0.750. The Balaban J connectivity index is 2.11. The van der Waals surface area contributed by atoms with Gasteiger partial charge in [-0.05, 0) is 19.8 Å². The Morgan fingerprint density at radius 2 is 2.32 bits per heavy atom. The van der Waals surface area contributed by atoms with E-state index in [1.54, 1.807) is 0 Å². The largest absolute Gasteiger partial charge is 0.383 e. The molecule has 0 bridgehead atoms. The van der Waals surface area contributed by atoms with Gasteiger partial charge in [0.1, 0.15) is 17.3 Å². The van der Waals surface area contributed by atoms with E-state index in [0.29, 0.717) is 12.5 Å². The summed E-state index contributed by atoms with van der Waals surface area (Å²) in [5.41, 5.74) is 8.12. The first-order chi connectivity index (χ1) is 9.26. The van der Waals surface area contributed by atoms with Crippen molar-refractivity contribution in [3.63, 3.8) is 0 Å². The zero-order valence-corrected chi connectivity index (χ0v) is 11.2. The fraction of sp³-hybridized carbons (Fsp3) is 0.429. The lowest BCUT2D eigenvalue weighted by Gasteiger charge is -2.06. The summed E-state index contributed by atoms with van der Waals surface area (Å²) in [4.78, 5) is 8.96. The lowest BCUT2D eigenvalue weighted by Crippen LogP contribution is -2.05. The topological polar surface area (TPSA) is 61.7 Å². The van der Waals surface area contributed by atoms with E-state index in [1.807, 2.05) is 18.6 Å². The summed E-state index contributed by atoms with van der Waals surface area (Å²) in [6, 6.07) is 0. The van der Waals surface area contributed by atoms with Crippen LogP contribution in [-0.2, 0) is 13.1 Å². The van der Waals surface area contributed by atoms with Crippen LogP contribution in [0.3, 0.4) is 0 Å². The number of nitrogens with two attached hydrogens (primary N) is 1. The molecule has 100 valence electrons. The molecule has 2 heterocycles. The van der Waals surface area contributed by atoms with Gasteiger partial charge in [-0.2, -0.15) is 0 Å². The first-order valence-electron chi connectivity index (χ1n) is 6.73. The maximum atomic E-state index is 6.28. The average molecular weight is 257 g/mol. The predicted octanol–water partition coefficient (Wildman–Crippen LogP) is 2.41. The van der Waals surface area contributed by atoms with Gasteiger partial charge in [0, 0.05) is 19.0 Å². The van der Waals surface area contributed by atoms with Gasteiger partial charge >= 0.3 is 0 Å². The average Bonchev–Trinajstić information content (AvgIpc) is 3.06. The summed E-state index contributed by atoms with van der Waals surface area (Å²) >= 11 is 0. The molecule has 3 rings (SSSR count). The molecular formula is C14H19N5. The number of nitrogens with zero attached hydrogens (tertiary/aromatic N) is 4. The van der Waals surface area contributed by atoms with Gasteiger partial charge in [-0.15, -0.1) is 6.58 Å². The van der Waals surface area contributed by atoms with E-state index in [4.69, 9.17) is 10.7 Å². The minimum absolute atomic E-state index is 0.564. The number of aryl methyl sites for hydroxylation is 1. The molecule has 0 aliphatic heterocycles. The summed E-state index contributed by atoms with van der Waals surface area (Å²) < 4.78 is 4.14. The highest BCUT2D eigenvalue weighted by Crippen LogP contribution is 2.42. The van der Waals surface area contributed by atoms with Crippen molar-refractivity contribution in [2.45, 2.75) is 38.8 Å². The van der Waals surface area contributed by atoms with Crippen molar-refractivity contribution >= 4 is 5.82 Å². The summed E-state index contributed by atoms with van der Waals surface area (Å²) in [7, 11) is 0. The number of anilines is 1. The Labute approximate surface area is 112 Å². The van der Waals surface area contributed by atoms with Gasteiger partial charge in [0.25, 0.3) is 0 Å². The van der Waals surface area contributed by atoms with Crippen LogP contribution < -0.4 is 5.73 Å². The molecule has 1 saturated carbocycles. The van der Waals surface area contributed by atoms with Crippen molar-refractivity contribution in [3.05, 3.63) is 31.0 Å². The van der Waals surface area contributed by atoms with Crippen LogP contribution in [0.4, 0.5) is 5.82 Å². The number of allylic oxidation sites excluding steroid dienone is 1. The fourth-order valence-electron chi connectivity index (χ4n) is 2.42. The number of hydrogen-bond acceptors (Lipinski definition) is 3. The Morgan fingerprint density at radius 1 is 1.53 bits per heavy atom. The maximum Gasteiger partial charge on any atom is 0.133 e. The zero-order valence-electron chi connectivity index (χ0n) is 11.2. The van der Waals surface area contributed by atoms with Crippen molar-refractivity contribution < 1.29 is 0 Å². The van der Waals surface area contributed by atoms with Gasteiger partial charge in [-0.3, -0.25) is 0 Å². The SMILES string of the molecule is C=CCn1c(C2CC2)nc(-c2cncn2CC)c1N. The summed E-state index contributed by atoms with van der Waals surface area (Å²) in [5.74, 6) is 2.38. The highest BCUT2D eigenvalue weighted by molar-refractivity contribution is 5.68. The van der Waals surface area contributed by atoms with E-state index in [0.717, 1.165) is 29.6 Å². The minimum Gasteiger partial charge on any atom is -0.383 e.